The molecule has 244 valence electrons. The molecule has 1 aliphatic rings. The van der Waals surface area contributed by atoms with Crippen molar-refractivity contribution in [3.05, 3.63) is 76.9 Å². The first-order valence-electron chi connectivity index (χ1n) is 13.9. The number of halogens is 1. The summed E-state index contributed by atoms with van der Waals surface area (Å²) < 4.78 is 34.3. The van der Waals surface area contributed by atoms with E-state index in [1.54, 1.807) is 57.2 Å². The molecule has 2 heterocycles. The fraction of sp³-hybridized carbons (Fsp3) is 0.323. The van der Waals surface area contributed by atoms with E-state index in [1.165, 1.54) is 18.8 Å². The molecular weight excluding hydrogens is 688 g/mol. The molecule has 13 nitrogen and oxygen atoms in total. The molecule has 0 saturated carbocycles. The third-order valence-corrected chi connectivity index (χ3v) is 8.14. The van der Waals surface area contributed by atoms with Crippen molar-refractivity contribution in [3.63, 3.8) is 0 Å². The zero-order valence-electron chi connectivity index (χ0n) is 25.6. The van der Waals surface area contributed by atoms with Crippen molar-refractivity contribution in [1.82, 2.24) is 4.57 Å². The predicted molar refractivity (Wildman–Crippen MR) is 169 cm³/mol. The summed E-state index contributed by atoms with van der Waals surface area (Å²) in [6.45, 7) is 4.62. The van der Waals surface area contributed by atoms with E-state index in [9.17, 15) is 19.2 Å². The molecule has 1 atom stereocenters. The van der Waals surface area contributed by atoms with Crippen molar-refractivity contribution >= 4 is 51.3 Å². The number of hydrogen-bond acceptors (Lipinski definition) is 12. The Morgan fingerprint density at radius 1 is 1.02 bits per heavy atom. The molecule has 1 aliphatic heterocycles. The molecule has 1 aromatic heterocycles. The van der Waals surface area contributed by atoms with E-state index in [0.717, 1.165) is 11.3 Å². The van der Waals surface area contributed by atoms with Crippen LogP contribution in [0.5, 0.6) is 23.0 Å². The van der Waals surface area contributed by atoms with Gasteiger partial charge in [-0.15, -0.1) is 0 Å². The molecule has 0 bridgehead atoms. The van der Waals surface area contributed by atoms with Crippen molar-refractivity contribution in [3.8, 4) is 23.0 Å². The number of carboxylic acids is 1. The maximum Gasteiger partial charge on any atom is 0.343 e. The van der Waals surface area contributed by atoms with Crippen LogP contribution >= 0.6 is 27.3 Å². The Morgan fingerprint density at radius 3 is 2.43 bits per heavy atom. The normalized spacial score (nSPS) is 14.2. The van der Waals surface area contributed by atoms with Gasteiger partial charge in [-0.05, 0) is 78.2 Å². The first-order valence-corrected chi connectivity index (χ1v) is 15.5. The molecule has 0 spiro atoms. The first-order chi connectivity index (χ1) is 22.0. The zero-order valence-corrected chi connectivity index (χ0v) is 28.0. The van der Waals surface area contributed by atoms with Gasteiger partial charge in [0.1, 0.15) is 0 Å². The number of rotatable bonds is 13. The highest BCUT2D eigenvalue weighted by Gasteiger charge is 2.34. The maximum absolute atomic E-state index is 14.1. The number of nitrogens with zero attached hydrogens (tertiary/aromatic N) is 2. The van der Waals surface area contributed by atoms with Crippen LogP contribution in [0.1, 0.15) is 37.9 Å². The van der Waals surface area contributed by atoms with Gasteiger partial charge in [-0.3, -0.25) is 9.36 Å². The minimum atomic E-state index is -1.15. The highest BCUT2D eigenvalue weighted by atomic mass is 79.9. The number of ether oxygens (including phenoxy) is 6. The molecule has 4 rings (SSSR count). The number of benzene rings is 2. The van der Waals surface area contributed by atoms with Crippen molar-refractivity contribution in [2.24, 2.45) is 4.99 Å². The predicted octanol–water partition coefficient (Wildman–Crippen LogP) is 2.98. The number of esters is 2. The molecular formula is C31H31BrN2O11S. The van der Waals surface area contributed by atoms with E-state index in [1.807, 2.05) is 0 Å². The number of thiazole rings is 1. The number of hydrogen-bond donors (Lipinski definition) is 1. The lowest BCUT2D eigenvalue weighted by Gasteiger charge is -2.25. The summed E-state index contributed by atoms with van der Waals surface area (Å²) in [4.78, 5) is 55.0. The van der Waals surface area contributed by atoms with Gasteiger partial charge in [-0.25, -0.2) is 19.4 Å². The second kappa shape index (κ2) is 15.1. The third kappa shape index (κ3) is 7.42. The third-order valence-electron chi connectivity index (χ3n) is 6.56. The average molecular weight is 720 g/mol. The van der Waals surface area contributed by atoms with E-state index < -0.39 is 36.1 Å². The highest BCUT2D eigenvalue weighted by Crippen LogP contribution is 2.38. The van der Waals surface area contributed by atoms with Crippen LogP contribution in [0.3, 0.4) is 0 Å². The SMILES string of the molecule is CCOC(=O)C1=C(C)N=c2s/c(=C\c3cc(Br)c(OCC(=O)O)c(OC)c3)c(=O)n2[C@@H]1c1ccc(OCC(=O)OC)c(OCC)c1. The fourth-order valence-electron chi connectivity index (χ4n) is 4.63. The van der Waals surface area contributed by atoms with Crippen LogP contribution in [-0.2, 0) is 23.9 Å². The Hall–Kier alpha value is -4.63. The van der Waals surface area contributed by atoms with E-state index in [4.69, 9.17) is 28.8 Å². The van der Waals surface area contributed by atoms with Crippen molar-refractivity contribution in [1.29, 1.82) is 0 Å². The van der Waals surface area contributed by atoms with E-state index in [0.29, 0.717) is 36.4 Å². The summed E-state index contributed by atoms with van der Waals surface area (Å²) in [7, 11) is 2.66. The Kier molecular flexibility index (Phi) is 11.2. The molecule has 0 fully saturated rings. The quantitative estimate of drug-likeness (QED) is 0.259. The summed E-state index contributed by atoms with van der Waals surface area (Å²) in [6.07, 6.45) is 1.63. The molecule has 3 aromatic rings. The molecule has 0 saturated heterocycles. The standard InChI is InChI=1S/C31H31BrN2O11S/c1-6-42-21-13-18(8-9-20(21)44-15-25(37)41-5)27-26(30(39)43-7-2)16(3)33-31-34(27)29(38)23(46-31)12-17-10-19(32)28(22(11-17)40-4)45-14-24(35)36/h8-13,27H,6-7,14-15H2,1-5H3,(H,35,36)/b23-12-/t27-/m1/s1. The van der Waals surface area contributed by atoms with Gasteiger partial charge < -0.3 is 33.5 Å². The minimum Gasteiger partial charge on any atom is -0.493 e. The van der Waals surface area contributed by atoms with Gasteiger partial charge in [0.15, 0.2) is 41.0 Å². The van der Waals surface area contributed by atoms with Gasteiger partial charge in [-0.2, -0.15) is 0 Å². The fourth-order valence-corrected chi connectivity index (χ4v) is 6.25. The largest absolute Gasteiger partial charge is 0.493 e. The van der Waals surface area contributed by atoms with Crippen LogP contribution < -0.4 is 33.8 Å². The lowest BCUT2D eigenvalue weighted by Crippen LogP contribution is -2.40. The molecule has 0 aliphatic carbocycles. The Balaban J connectivity index is 1.88. The summed E-state index contributed by atoms with van der Waals surface area (Å²) in [5.74, 6) is -1.33. The van der Waals surface area contributed by atoms with Gasteiger partial charge >= 0.3 is 17.9 Å². The summed E-state index contributed by atoms with van der Waals surface area (Å²) in [5, 5.41) is 9.01. The Labute approximate surface area is 275 Å². The van der Waals surface area contributed by atoms with Crippen molar-refractivity contribution in [2.45, 2.75) is 26.8 Å². The highest BCUT2D eigenvalue weighted by molar-refractivity contribution is 9.10. The Morgan fingerprint density at radius 2 is 1.78 bits per heavy atom. The topological polar surface area (TPSA) is 161 Å². The van der Waals surface area contributed by atoms with Gasteiger partial charge in [-0.1, -0.05) is 17.4 Å². The first kappa shape index (κ1) is 34.2. The molecule has 2 aromatic carbocycles. The molecule has 15 heteroatoms. The molecule has 46 heavy (non-hydrogen) atoms. The van der Waals surface area contributed by atoms with Crippen LogP contribution in [0.2, 0.25) is 0 Å². The molecule has 0 amide bonds. The summed E-state index contributed by atoms with van der Waals surface area (Å²) in [6, 6.07) is 7.25. The second-order valence-electron chi connectivity index (χ2n) is 9.52. The zero-order chi connectivity index (χ0) is 33.5. The number of fused-ring (bicyclic) bond motifs is 1. The molecule has 0 radical (unpaired) electrons. The second-order valence-corrected chi connectivity index (χ2v) is 11.4. The number of aromatic nitrogens is 1. The molecule has 1 N–H and O–H groups in total. The number of allylic oxidation sites excluding steroid dienone is 1. The maximum atomic E-state index is 14.1. The lowest BCUT2D eigenvalue weighted by atomic mass is 9.95. The lowest BCUT2D eigenvalue weighted by molar-refractivity contribution is -0.143. The van der Waals surface area contributed by atoms with Crippen molar-refractivity contribution in [2.75, 3.05) is 40.6 Å². The minimum absolute atomic E-state index is 0.111. The van der Waals surface area contributed by atoms with E-state index in [-0.39, 0.29) is 42.6 Å². The van der Waals surface area contributed by atoms with Crippen LogP contribution in [0, 0.1) is 0 Å². The average Bonchev–Trinajstić information content (AvgIpc) is 3.32. The number of methoxy groups -OCH3 is 2. The van der Waals surface area contributed by atoms with Gasteiger partial charge in [0.25, 0.3) is 5.56 Å². The van der Waals surface area contributed by atoms with E-state index in [2.05, 4.69) is 25.7 Å². The van der Waals surface area contributed by atoms with Crippen LogP contribution in [0.15, 0.2) is 55.9 Å². The smallest absolute Gasteiger partial charge is 0.343 e. The van der Waals surface area contributed by atoms with Gasteiger partial charge in [0.05, 0.1) is 53.8 Å². The van der Waals surface area contributed by atoms with Crippen molar-refractivity contribution < 1.29 is 47.9 Å². The van der Waals surface area contributed by atoms with Crippen LogP contribution in [0.4, 0.5) is 0 Å². The summed E-state index contributed by atoms with van der Waals surface area (Å²) in [5.41, 5.74) is 1.21. The van der Waals surface area contributed by atoms with Crippen LogP contribution in [0.25, 0.3) is 6.08 Å². The van der Waals surface area contributed by atoms with Gasteiger partial charge in [0, 0.05) is 0 Å². The van der Waals surface area contributed by atoms with Gasteiger partial charge in [0.2, 0.25) is 0 Å². The van der Waals surface area contributed by atoms with Crippen LogP contribution in [-0.4, -0.2) is 68.2 Å². The van der Waals surface area contributed by atoms with E-state index >= 15 is 0 Å². The Bertz CT molecular complexity index is 1880. The number of carboxylic acid groups (broad SMARTS) is 1. The monoisotopic (exact) mass is 718 g/mol. The number of carbonyl (C=O) groups excluding carboxylic acids is 2. The summed E-state index contributed by atoms with van der Waals surface area (Å²) >= 11 is 4.52. The molecule has 0 unspecified atom stereocenters. The number of aliphatic carboxylic acids is 1. The number of carbonyl (C=O) groups is 3.